The van der Waals surface area contributed by atoms with Crippen LogP contribution in [0.5, 0.6) is 0 Å². The smallest absolute Gasteiger partial charge is 0.307 e. The number of carbonyl (C=O) groups is 1. The highest BCUT2D eigenvalue weighted by molar-refractivity contribution is 5.83. The molecule has 3 N–H and O–H groups in total. The van der Waals surface area contributed by atoms with Crippen LogP contribution in [-0.2, 0) is 16.0 Å². The molecule has 4 heteroatoms. The molecule has 1 aromatic carbocycles. The molecule has 2 aromatic rings. The molecule has 1 aromatic heterocycles. The summed E-state index contributed by atoms with van der Waals surface area (Å²) < 4.78 is 4.60. The molecule has 0 aliphatic rings. The van der Waals surface area contributed by atoms with Crippen LogP contribution in [0.2, 0.25) is 0 Å². The first-order valence-electron chi connectivity index (χ1n) is 5.58. The molecule has 0 spiro atoms. The van der Waals surface area contributed by atoms with E-state index in [2.05, 4.69) is 9.72 Å². The van der Waals surface area contributed by atoms with Crippen molar-refractivity contribution >= 4 is 16.9 Å². The van der Waals surface area contributed by atoms with E-state index < -0.39 is 0 Å². The van der Waals surface area contributed by atoms with Gasteiger partial charge in [-0.3, -0.25) is 4.79 Å². The molecular formula is C13H16N2O2. The molecule has 2 rings (SSSR count). The van der Waals surface area contributed by atoms with E-state index in [0.717, 1.165) is 16.5 Å². The molecule has 0 saturated heterocycles. The van der Waals surface area contributed by atoms with Gasteiger partial charge in [0.1, 0.15) is 0 Å². The number of rotatable bonds is 4. The molecule has 0 unspecified atom stereocenters. The lowest BCUT2D eigenvalue weighted by Crippen LogP contribution is -2.26. The van der Waals surface area contributed by atoms with E-state index in [-0.39, 0.29) is 18.4 Å². The third-order valence-electron chi connectivity index (χ3n) is 2.81. The van der Waals surface area contributed by atoms with Crippen LogP contribution < -0.4 is 5.73 Å². The molecular weight excluding hydrogens is 216 g/mol. The van der Waals surface area contributed by atoms with Crippen LogP contribution in [0.15, 0.2) is 30.5 Å². The Balaban J connectivity index is 2.10. The molecule has 90 valence electrons. The van der Waals surface area contributed by atoms with Gasteiger partial charge >= 0.3 is 5.97 Å². The van der Waals surface area contributed by atoms with Gasteiger partial charge in [-0.25, -0.2) is 0 Å². The van der Waals surface area contributed by atoms with Gasteiger partial charge in [0.15, 0.2) is 0 Å². The summed E-state index contributed by atoms with van der Waals surface area (Å²) in [5.74, 6) is -0.266. The molecule has 0 radical (unpaired) electrons. The lowest BCUT2D eigenvalue weighted by Gasteiger charge is -2.09. The fourth-order valence-corrected chi connectivity index (χ4v) is 1.95. The van der Waals surface area contributed by atoms with Crippen molar-refractivity contribution in [3.63, 3.8) is 0 Å². The predicted octanol–water partition coefficient (Wildman–Crippen LogP) is 1.60. The largest absolute Gasteiger partial charge is 0.469 e. The lowest BCUT2D eigenvalue weighted by molar-refractivity contribution is -0.140. The second kappa shape index (κ2) is 5.01. The van der Waals surface area contributed by atoms with Crippen LogP contribution in [0, 0.1) is 0 Å². The second-order valence-corrected chi connectivity index (χ2v) is 4.10. The first-order chi connectivity index (χ1) is 8.20. The van der Waals surface area contributed by atoms with Crippen LogP contribution >= 0.6 is 0 Å². The number of aromatic amines is 1. The van der Waals surface area contributed by atoms with Gasteiger partial charge in [0.25, 0.3) is 0 Å². The summed E-state index contributed by atoms with van der Waals surface area (Å²) in [4.78, 5) is 14.3. The third-order valence-corrected chi connectivity index (χ3v) is 2.81. The summed E-state index contributed by atoms with van der Waals surface area (Å²) in [6.07, 6.45) is 2.86. The minimum atomic E-state index is -0.266. The van der Waals surface area contributed by atoms with Crippen LogP contribution in [0.4, 0.5) is 0 Å². The first-order valence-corrected chi connectivity index (χ1v) is 5.58. The fraction of sp³-hybridized carbons (Fsp3) is 0.308. The normalized spacial score (nSPS) is 12.6. The number of hydrogen-bond donors (Lipinski definition) is 2. The first kappa shape index (κ1) is 11.7. The Labute approximate surface area is 99.8 Å². The second-order valence-electron chi connectivity index (χ2n) is 4.10. The summed E-state index contributed by atoms with van der Waals surface area (Å²) in [7, 11) is 1.38. The number of H-pyrrole nitrogens is 1. The monoisotopic (exact) mass is 232 g/mol. The van der Waals surface area contributed by atoms with Gasteiger partial charge in [-0.15, -0.1) is 0 Å². The Morgan fingerprint density at radius 1 is 1.47 bits per heavy atom. The Morgan fingerprint density at radius 3 is 3.00 bits per heavy atom. The maximum atomic E-state index is 11.1. The predicted molar refractivity (Wildman–Crippen MR) is 66.6 cm³/mol. The molecule has 17 heavy (non-hydrogen) atoms. The zero-order valence-corrected chi connectivity index (χ0v) is 9.77. The maximum Gasteiger partial charge on any atom is 0.307 e. The molecule has 0 amide bonds. The van der Waals surface area contributed by atoms with Gasteiger partial charge < -0.3 is 15.5 Å². The summed E-state index contributed by atoms with van der Waals surface area (Å²) in [6, 6.07) is 7.83. The van der Waals surface area contributed by atoms with Gasteiger partial charge in [-0.05, 0) is 18.1 Å². The molecule has 1 heterocycles. The van der Waals surface area contributed by atoms with Crippen molar-refractivity contribution in [2.24, 2.45) is 5.73 Å². The lowest BCUT2D eigenvalue weighted by atomic mass is 10.0. The Bertz CT molecular complexity index is 519. The summed E-state index contributed by atoms with van der Waals surface area (Å²) in [5.41, 5.74) is 8.14. The van der Waals surface area contributed by atoms with E-state index in [0.29, 0.717) is 6.42 Å². The standard InChI is InChI=1S/C13H16N2O2/c1-17-13(16)7-10(14)6-9-8-15-12-5-3-2-4-11(9)12/h2-5,8,10,15H,6-7,14H2,1H3/t10-/m1/s1. The molecule has 4 nitrogen and oxygen atoms in total. The molecule has 0 bridgehead atoms. The van der Waals surface area contributed by atoms with Gasteiger partial charge in [-0.1, -0.05) is 18.2 Å². The number of benzene rings is 1. The topological polar surface area (TPSA) is 68.1 Å². The van der Waals surface area contributed by atoms with Crippen molar-refractivity contribution in [1.82, 2.24) is 4.98 Å². The quantitative estimate of drug-likeness (QED) is 0.787. The van der Waals surface area contributed by atoms with Crippen LogP contribution in [0.3, 0.4) is 0 Å². The number of methoxy groups -OCH3 is 1. The number of nitrogens with one attached hydrogen (secondary N) is 1. The van der Waals surface area contributed by atoms with E-state index in [1.165, 1.54) is 7.11 Å². The van der Waals surface area contributed by atoms with Crippen molar-refractivity contribution in [1.29, 1.82) is 0 Å². The summed E-state index contributed by atoms with van der Waals surface area (Å²) in [6.45, 7) is 0. The van der Waals surface area contributed by atoms with E-state index in [4.69, 9.17) is 5.73 Å². The highest BCUT2D eigenvalue weighted by atomic mass is 16.5. The molecule has 1 atom stereocenters. The number of nitrogens with two attached hydrogens (primary N) is 1. The zero-order valence-electron chi connectivity index (χ0n) is 9.77. The SMILES string of the molecule is COC(=O)C[C@H](N)Cc1c[nH]c2ccccc12. The summed E-state index contributed by atoms with van der Waals surface area (Å²) in [5, 5.41) is 1.16. The average Bonchev–Trinajstić information content (AvgIpc) is 2.72. The van der Waals surface area contributed by atoms with Gasteiger partial charge in [0, 0.05) is 23.1 Å². The van der Waals surface area contributed by atoms with E-state index in [9.17, 15) is 4.79 Å². The zero-order chi connectivity index (χ0) is 12.3. The third kappa shape index (κ3) is 2.65. The van der Waals surface area contributed by atoms with E-state index in [1.54, 1.807) is 0 Å². The number of esters is 1. The number of fused-ring (bicyclic) bond motifs is 1. The van der Waals surface area contributed by atoms with Crippen molar-refractivity contribution in [3.8, 4) is 0 Å². The highest BCUT2D eigenvalue weighted by Gasteiger charge is 2.12. The maximum absolute atomic E-state index is 11.1. The van der Waals surface area contributed by atoms with Gasteiger partial charge in [-0.2, -0.15) is 0 Å². The number of para-hydroxylation sites is 1. The van der Waals surface area contributed by atoms with Crippen molar-refractivity contribution < 1.29 is 9.53 Å². The van der Waals surface area contributed by atoms with E-state index >= 15 is 0 Å². The Hall–Kier alpha value is -1.81. The number of aromatic nitrogens is 1. The fourth-order valence-electron chi connectivity index (χ4n) is 1.95. The number of carbonyl (C=O) groups excluding carboxylic acids is 1. The Kier molecular flexibility index (Phi) is 3.44. The van der Waals surface area contributed by atoms with Crippen molar-refractivity contribution in [2.45, 2.75) is 18.9 Å². The van der Waals surface area contributed by atoms with Crippen LogP contribution in [0.25, 0.3) is 10.9 Å². The van der Waals surface area contributed by atoms with Crippen LogP contribution in [-0.4, -0.2) is 24.1 Å². The Morgan fingerprint density at radius 2 is 2.24 bits per heavy atom. The average molecular weight is 232 g/mol. The summed E-state index contributed by atoms with van der Waals surface area (Å²) >= 11 is 0. The minimum Gasteiger partial charge on any atom is -0.469 e. The number of hydrogen-bond acceptors (Lipinski definition) is 3. The molecule has 0 aliphatic heterocycles. The van der Waals surface area contributed by atoms with Gasteiger partial charge in [0.2, 0.25) is 0 Å². The molecule has 0 aliphatic carbocycles. The van der Waals surface area contributed by atoms with Crippen molar-refractivity contribution in [2.75, 3.05) is 7.11 Å². The minimum absolute atomic E-state index is 0.207. The van der Waals surface area contributed by atoms with Crippen LogP contribution in [0.1, 0.15) is 12.0 Å². The molecule has 0 fully saturated rings. The van der Waals surface area contributed by atoms with Crippen molar-refractivity contribution in [3.05, 3.63) is 36.0 Å². The van der Waals surface area contributed by atoms with Gasteiger partial charge in [0.05, 0.1) is 13.5 Å². The molecule has 0 saturated carbocycles. The number of ether oxygens (including phenoxy) is 1. The highest BCUT2D eigenvalue weighted by Crippen LogP contribution is 2.19. The van der Waals surface area contributed by atoms with E-state index in [1.807, 2.05) is 30.5 Å².